The van der Waals surface area contributed by atoms with Gasteiger partial charge in [0.05, 0.1) is 12.3 Å². The minimum atomic E-state index is -1.08. The number of nitrogens with zero attached hydrogens (tertiary/aromatic N) is 4. The number of nitrogens with one attached hydrogen (secondary N) is 1. The number of H-pyrrole nitrogens is 1. The molecule has 0 atom stereocenters. The molecule has 0 aliphatic rings. The molecule has 0 spiro atoms. The van der Waals surface area contributed by atoms with Gasteiger partial charge < -0.3 is 9.84 Å². The van der Waals surface area contributed by atoms with Gasteiger partial charge in [0.1, 0.15) is 11.6 Å². The van der Waals surface area contributed by atoms with Crippen molar-refractivity contribution in [3.05, 3.63) is 22.7 Å². The van der Waals surface area contributed by atoms with Crippen molar-refractivity contribution in [1.82, 2.24) is 10.2 Å². The minimum Gasteiger partial charge on any atom is -0.500 e. The van der Waals surface area contributed by atoms with Crippen molar-refractivity contribution in [3.63, 3.8) is 0 Å². The van der Waals surface area contributed by atoms with Crippen molar-refractivity contribution in [3.8, 4) is 6.07 Å². The van der Waals surface area contributed by atoms with E-state index in [1.807, 2.05) is 26.8 Å². The molecule has 0 aliphatic carbocycles. The highest BCUT2D eigenvalue weighted by Crippen LogP contribution is 2.29. The van der Waals surface area contributed by atoms with Gasteiger partial charge in [0, 0.05) is 12.3 Å². The zero-order valence-corrected chi connectivity index (χ0v) is 14.2. The number of ether oxygens (including phenoxy) is 1. The summed E-state index contributed by atoms with van der Waals surface area (Å²) in [5.74, 6) is -2.76. The summed E-state index contributed by atoms with van der Waals surface area (Å²) in [5.41, 5.74) is -0.220. The van der Waals surface area contributed by atoms with Gasteiger partial charge in [0.25, 0.3) is 0 Å². The van der Waals surface area contributed by atoms with Crippen LogP contribution in [0.4, 0.5) is 5.82 Å². The molecule has 1 aromatic heterocycles. The number of carbonyl (C=O) groups excluding carboxylic acids is 2. The summed E-state index contributed by atoms with van der Waals surface area (Å²) in [6.45, 7) is 8.34. The van der Waals surface area contributed by atoms with E-state index in [0.717, 1.165) is 6.92 Å². The van der Waals surface area contributed by atoms with Crippen LogP contribution in [0.2, 0.25) is 0 Å². The van der Waals surface area contributed by atoms with Gasteiger partial charge in [-0.15, -0.1) is 10.2 Å². The molecule has 0 saturated carbocycles. The Labute approximate surface area is 139 Å². The number of aliphatic hydroxyl groups is 1. The zero-order chi connectivity index (χ0) is 18.5. The Morgan fingerprint density at radius 3 is 2.50 bits per heavy atom. The van der Waals surface area contributed by atoms with Crippen molar-refractivity contribution in [1.29, 1.82) is 5.26 Å². The molecule has 1 rings (SSSR count). The largest absolute Gasteiger partial charge is 0.500 e. The number of carbonyl (C=O) groups is 2. The van der Waals surface area contributed by atoms with E-state index < -0.39 is 23.2 Å². The lowest BCUT2D eigenvalue weighted by Crippen LogP contribution is -2.13. The van der Waals surface area contributed by atoms with Gasteiger partial charge in [-0.25, -0.2) is 4.79 Å². The van der Waals surface area contributed by atoms with Crippen LogP contribution >= 0.6 is 0 Å². The predicted octanol–water partition coefficient (Wildman–Crippen LogP) is 2.58. The number of aromatic nitrogens is 2. The van der Waals surface area contributed by atoms with E-state index in [4.69, 9.17) is 0 Å². The van der Waals surface area contributed by atoms with Crippen molar-refractivity contribution < 1.29 is 19.4 Å². The Balaban J connectivity index is 3.30. The van der Waals surface area contributed by atoms with Crippen LogP contribution < -0.4 is 0 Å². The third-order valence-corrected chi connectivity index (χ3v) is 2.88. The van der Waals surface area contributed by atoms with E-state index in [2.05, 4.69) is 25.2 Å². The molecule has 0 aromatic carbocycles. The third-order valence-electron chi connectivity index (χ3n) is 2.88. The van der Waals surface area contributed by atoms with Crippen molar-refractivity contribution in [2.45, 2.75) is 40.0 Å². The molecule has 0 unspecified atom stereocenters. The smallest absolute Gasteiger partial charge is 0.375 e. The topological polar surface area (TPSA) is 141 Å². The average Bonchev–Trinajstić information content (AvgIpc) is 2.90. The number of allylic oxidation sites excluding steroid dienone is 1. The zero-order valence-electron chi connectivity index (χ0n) is 14.2. The van der Waals surface area contributed by atoms with Crippen LogP contribution in [-0.2, 0) is 19.7 Å². The second-order valence-corrected chi connectivity index (χ2v) is 5.83. The second-order valence-electron chi connectivity index (χ2n) is 5.83. The number of azo groups is 1. The first-order valence-electron chi connectivity index (χ1n) is 7.15. The Kier molecular flexibility index (Phi) is 5.95. The average molecular weight is 333 g/mol. The molecule has 0 fully saturated rings. The van der Waals surface area contributed by atoms with Crippen LogP contribution in [-0.4, -0.2) is 33.7 Å². The highest BCUT2D eigenvalue weighted by Gasteiger charge is 2.24. The van der Waals surface area contributed by atoms with Gasteiger partial charge in [-0.3, -0.25) is 9.89 Å². The van der Waals surface area contributed by atoms with Crippen molar-refractivity contribution >= 4 is 17.6 Å². The van der Waals surface area contributed by atoms with Gasteiger partial charge in [-0.1, -0.05) is 20.8 Å². The normalized spacial score (nSPS) is 12.7. The number of hydrogen-bond acceptors (Lipinski definition) is 8. The summed E-state index contributed by atoms with van der Waals surface area (Å²) in [4.78, 5) is 23.1. The number of nitriles is 1. The molecule has 24 heavy (non-hydrogen) atoms. The van der Waals surface area contributed by atoms with Gasteiger partial charge >= 0.3 is 5.97 Å². The fourth-order valence-corrected chi connectivity index (χ4v) is 1.73. The van der Waals surface area contributed by atoms with Crippen LogP contribution in [0.1, 0.15) is 45.9 Å². The molecule has 2 N–H and O–H groups in total. The Morgan fingerprint density at radius 2 is 2.04 bits per heavy atom. The van der Waals surface area contributed by atoms with E-state index in [-0.39, 0.29) is 23.4 Å². The number of aliphatic hydroxyl groups excluding tert-OH is 1. The standard InChI is InChI=1S/C15H19N5O4/c1-6-24-14(23)11(22)10(8(2)21)17-19-13-9(7-16)12(18-20-13)15(3,4)5/h22H,6H2,1-5H3,(H,18,20). The van der Waals surface area contributed by atoms with E-state index in [1.165, 1.54) is 0 Å². The molecule has 0 aliphatic heterocycles. The first kappa shape index (κ1) is 19.0. The molecule has 9 heteroatoms. The lowest BCUT2D eigenvalue weighted by Gasteiger charge is -2.15. The van der Waals surface area contributed by atoms with Gasteiger partial charge in [0.15, 0.2) is 11.5 Å². The summed E-state index contributed by atoms with van der Waals surface area (Å²) in [5, 5.41) is 32.9. The van der Waals surface area contributed by atoms with Crippen LogP contribution in [0.25, 0.3) is 0 Å². The van der Waals surface area contributed by atoms with E-state index >= 15 is 0 Å². The van der Waals surface area contributed by atoms with Gasteiger partial charge in [0.2, 0.25) is 11.6 Å². The molecule has 0 bridgehead atoms. The molecule has 1 heterocycles. The first-order chi connectivity index (χ1) is 11.1. The highest BCUT2D eigenvalue weighted by molar-refractivity contribution is 6.00. The highest BCUT2D eigenvalue weighted by atomic mass is 16.5. The first-order valence-corrected chi connectivity index (χ1v) is 7.15. The number of rotatable bonds is 5. The van der Waals surface area contributed by atoms with Crippen LogP contribution in [0.15, 0.2) is 21.7 Å². The second kappa shape index (κ2) is 7.50. The Hall–Kier alpha value is -3.02. The predicted molar refractivity (Wildman–Crippen MR) is 83.5 cm³/mol. The molecule has 9 nitrogen and oxygen atoms in total. The molecular weight excluding hydrogens is 314 g/mol. The number of ketones is 1. The molecule has 0 amide bonds. The van der Waals surface area contributed by atoms with E-state index in [1.54, 1.807) is 6.92 Å². The summed E-state index contributed by atoms with van der Waals surface area (Å²) in [6, 6.07) is 1.97. The quantitative estimate of drug-likeness (QED) is 0.367. The van der Waals surface area contributed by atoms with Crippen molar-refractivity contribution in [2.75, 3.05) is 6.61 Å². The Morgan fingerprint density at radius 1 is 1.42 bits per heavy atom. The van der Waals surface area contributed by atoms with Crippen molar-refractivity contribution in [2.24, 2.45) is 10.2 Å². The summed E-state index contributed by atoms with van der Waals surface area (Å²) >= 11 is 0. The van der Waals surface area contributed by atoms with E-state index in [9.17, 15) is 20.0 Å². The fraction of sp³-hybridized carbons (Fsp3) is 0.467. The number of aromatic amines is 1. The van der Waals surface area contributed by atoms with E-state index in [0.29, 0.717) is 5.69 Å². The maximum atomic E-state index is 11.6. The fourth-order valence-electron chi connectivity index (χ4n) is 1.73. The SMILES string of the molecule is CCOC(=O)C(O)=C(N=Nc1n[nH]c(C(C)(C)C)c1C#N)C(C)=O. The molecule has 0 radical (unpaired) electrons. The lowest BCUT2D eigenvalue weighted by atomic mass is 9.90. The molecular formula is C15H19N5O4. The Bertz CT molecular complexity index is 747. The third kappa shape index (κ3) is 4.25. The monoisotopic (exact) mass is 333 g/mol. The van der Waals surface area contributed by atoms with Crippen LogP contribution in [0, 0.1) is 11.3 Å². The summed E-state index contributed by atoms with van der Waals surface area (Å²) < 4.78 is 4.61. The minimum absolute atomic E-state index is 0.0259. The lowest BCUT2D eigenvalue weighted by molar-refractivity contribution is -0.142. The van der Waals surface area contributed by atoms with Crippen LogP contribution in [0.5, 0.6) is 0 Å². The van der Waals surface area contributed by atoms with Crippen LogP contribution in [0.3, 0.4) is 0 Å². The molecule has 1 aromatic rings. The maximum absolute atomic E-state index is 11.6. The maximum Gasteiger partial charge on any atom is 0.375 e. The molecule has 128 valence electrons. The van der Waals surface area contributed by atoms with Gasteiger partial charge in [-0.2, -0.15) is 10.4 Å². The number of Topliss-reactive ketones (excluding diaryl/α,β-unsaturated/α-hetero) is 1. The molecule has 0 saturated heterocycles. The number of esters is 1. The summed E-state index contributed by atoms with van der Waals surface area (Å²) in [7, 11) is 0. The summed E-state index contributed by atoms with van der Waals surface area (Å²) in [6.07, 6.45) is 0. The van der Waals surface area contributed by atoms with Gasteiger partial charge in [-0.05, 0) is 6.92 Å². The number of hydrogen-bond donors (Lipinski definition) is 2.